The van der Waals surface area contributed by atoms with Gasteiger partial charge in [0.25, 0.3) is 0 Å². The number of fused-ring (bicyclic) bond motifs is 1. The Hall–Kier alpha value is -4.02. The van der Waals surface area contributed by atoms with Crippen molar-refractivity contribution in [2.24, 2.45) is 0 Å². The second kappa shape index (κ2) is 10.5. The molecular weight excluding hydrogens is 473 g/mol. The second-order valence-corrected chi connectivity index (χ2v) is 9.09. The van der Waals surface area contributed by atoms with Crippen LogP contribution < -0.4 is 16.4 Å². The van der Waals surface area contributed by atoms with Crippen molar-refractivity contribution in [2.75, 3.05) is 42.7 Å². The maximum atomic E-state index is 15.3. The van der Waals surface area contributed by atoms with Crippen molar-refractivity contribution in [3.8, 4) is 11.1 Å². The summed E-state index contributed by atoms with van der Waals surface area (Å²) in [4.78, 5) is 19.0. The van der Waals surface area contributed by atoms with E-state index >= 15 is 4.39 Å². The lowest BCUT2D eigenvalue weighted by Crippen LogP contribution is -2.36. The van der Waals surface area contributed by atoms with Crippen molar-refractivity contribution in [2.45, 2.75) is 26.8 Å². The molecule has 0 saturated carbocycles. The Kier molecular flexibility index (Phi) is 7.02. The Balaban J connectivity index is 1.48. The van der Waals surface area contributed by atoms with Crippen molar-refractivity contribution < 1.29 is 13.9 Å². The molecule has 2 amide bonds. The maximum Gasteiger partial charge on any atom is 0.323 e. The molecule has 0 spiro atoms. The SMILES string of the molecule is CCc1c(-c2ccc(NC(=O)Nc3cccc(C)c3)c(F)c2)c2c(N)ncnn2c1CN1CCOCC1. The van der Waals surface area contributed by atoms with Gasteiger partial charge in [0.05, 0.1) is 24.6 Å². The molecule has 1 saturated heterocycles. The van der Waals surface area contributed by atoms with Gasteiger partial charge < -0.3 is 21.1 Å². The van der Waals surface area contributed by atoms with Crippen LogP contribution >= 0.6 is 0 Å². The lowest BCUT2D eigenvalue weighted by Gasteiger charge is -2.26. The minimum atomic E-state index is -0.552. The number of carbonyl (C=O) groups is 1. The number of benzene rings is 2. The first-order valence-electron chi connectivity index (χ1n) is 12.3. The van der Waals surface area contributed by atoms with Gasteiger partial charge in [0, 0.05) is 30.9 Å². The highest BCUT2D eigenvalue weighted by molar-refractivity contribution is 6.00. The van der Waals surface area contributed by atoms with Crippen molar-refractivity contribution in [1.29, 1.82) is 0 Å². The molecule has 0 aliphatic carbocycles. The fourth-order valence-electron chi connectivity index (χ4n) is 4.83. The number of aromatic nitrogens is 3. The Morgan fingerprint density at radius 3 is 2.70 bits per heavy atom. The highest BCUT2D eigenvalue weighted by atomic mass is 19.1. The van der Waals surface area contributed by atoms with E-state index in [0.29, 0.717) is 48.8 Å². The van der Waals surface area contributed by atoms with Crippen LogP contribution in [0, 0.1) is 12.7 Å². The number of nitrogens with zero attached hydrogens (tertiary/aromatic N) is 4. The van der Waals surface area contributed by atoms with Gasteiger partial charge in [0.15, 0.2) is 5.82 Å². The number of nitrogen functional groups attached to an aromatic ring is 1. The first-order chi connectivity index (χ1) is 17.9. The average Bonchev–Trinajstić information content (AvgIpc) is 3.20. The van der Waals surface area contributed by atoms with Crippen LogP contribution in [0.5, 0.6) is 0 Å². The molecule has 0 atom stereocenters. The van der Waals surface area contributed by atoms with Gasteiger partial charge in [-0.15, -0.1) is 0 Å². The number of hydrogen-bond donors (Lipinski definition) is 3. The number of urea groups is 1. The highest BCUT2D eigenvalue weighted by Gasteiger charge is 2.24. The van der Waals surface area contributed by atoms with Gasteiger partial charge in [0.2, 0.25) is 0 Å². The molecule has 0 bridgehead atoms. The summed E-state index contributed by atoms with van der Waals surface area (Å²) in [7, 11) is 0. The zero-order chi connectivity index (χ0) is 25.9. The molecule has 0 unspecified atom stereocenters. The van der Waals surface area contributed by atoms with Crippen LogP contribution in [0.25, 0.3) is 16.6 Å². The molecule has 4 aromatic rings. The topological polar surface area (TPSA) is 110 Å². The van der Waals surface area contributed by atoms with Gasteiger partial charge in [-0.2, -0.15) is 5.10 Å². The lowest BCUT2D eigenvalue weighted by molar-refractivity contribution is 0.0333. The third kappa shape index (κ3) is 5.11. The number of nitrogens with one attached hydrogen (secondary N) is 2. The molecule has 10 heteroatoms. The molecule has 192 valence electrons. The number of hydrogen-bond acceptors (Lipinski definition) is 6. The van der Waals surface area contributed by atoms with Gasteiger partial charge in [0.1, 0.15) is 17.7 Å². The molecular formula is C27H30FN7O2. The first-order valence-corrected chi connectivity index (χ1v) is 12.3. The summed E-state index contributed by atoms with van der Waals surface area (Å²) in [5.74, 6) is -0.225. The van der Waals surface area contributed by atoms with E-state index in [4.69, 9.17) is 10.5 Å². The smallest absolute Gasteiger partial charge is 0.323 e. The molecule has 1 aliphatic heterocycles. The predicted molar refractivity (Wildman–Crippen MR) is 142 cm³/mol. The summed E-state index contributed by atoms with van der Waals surface area (Å²) < 4.78 is 22.6. The van der Waals surface area contributed by atoms with E-state index in [0.717, 1.165) is 35.5 Å². The maximum absolute atomic E-state index is 15.3. The second-order valence-electron chi connectivity index (χ2n) is 9.09. The van der Waals surface area contributed by atoms with E-state index in [1.807, 2.05) is 29.6 Å². The molecule has 9 nitrogen and oxygen atoms in total. The zero-order valence-corrected chi connectivity index (χ0v) is 20.9. The molecule has 1 aliphatic rings. The minimum Gasteiger partial charge on any atom is -0.382 e. The number of rotatable bonds is 6. The predicted octanol–water partition coefficient (Wildman–Crippen LogP) is 4.46. The van der Waals surface area contributed by atoms with E-state index in [1.165, 1.54) is 12.4 Å². The van der Waals surface area contributed by atoms with Gasteiger partial charge in [-0.05, 0) is 54.3 Å². The van der Waals surface area contributed by atoms with Crippen LogP contribution in [-0.4, -0.2) is 51.8 Å². The first kappa shape index (κ1) is 24.7. The number of aryl methyl sites for hydroxylation is 1. The summed E-state index contributed by atoms with van der Waals surface area (Å²) in [6.07, 6.45) is 2.15. The van der Waals surface area contributed by atoms with Crippen molar-refractivity contribution in [3.05, 3.63) is 71.4 Å². The van der Waals surface area contributed by atoms with Crippen LogP contribution in [-0.2, 0) is 17.7 Å². The minimum absolute atomic E-state index is 0.0771. The summed E-state index contributed by atoms with van der Waals surface area (Å²) in [6, 6.07) is 11.6. The molecule has 5 rings (SSSR count). The standard InChI is InChI=1S/C27H30FN7O2/c1-3-20-23(15-34-9-11-37-12-10-34)35-25(26(29)30-16-31-35)24(20)18-7-8-22(21(28)14-18)33-27(36)32-19-6-4-5-17(2)13-19/h4-8,13-14,16H,3,9-12,15H2,1-2H3,(H2,29,30,31)(H2,32,33,36). The van der Waals surface area contributed by atoms with Crippen LogP contribution in [0.1, 0.15) is 23.7 Å². The Bertz CT molecular complexity index is 1450. The molecule has 37 heavy (non-hydrogen) atoms. The highest BCUT2D eigenvalue weighted by Crippen LogP contribution is 2.37. The van der Waals surface area contributed by atoms with Crippen LogP contribution in [0.4, 0.5) is 26.4 Å². The van der Waals surface area contributed by atoms with Gasteiger partial charge >= 0.3 is 6.03 Å². The number of nitrogens with two attached hydrogens (primary N) is 1. The molecule has 2 aromatic heterocycles. The van der Waals surface area contributed by atoms with E-state index in [1.54, 1.807) is 18.2 Å². The number of anilines is 3. The molecule has 4 N–H and O–H groups in total. The van der Waals surface area contributed by atoms with Crippen molar-refractivity contribution >= 4 is 28.7 Å². The van der Waals surface area contributed by atoms with E-state index in [9.17, 15) is 4.79 Å². The number of halogens is 1. The third-order valence-corrected chi connectivity index (χ3v) is 6.57. The van der Waals surface area contributed by atoms with Crippen molar-refractivity contribution in [3.63, 3.8) is 0 Å². The van der Waals surface area contributed by atoms with Gasteiger partial charge in [-0.1, -0.05) is 25.1 Å². The van der Waals surface area contributed by atoms with Crippen LogP contribution in [0.3, 0.4) is 0 Å². The van der Waals surface area contributed by atoms with Crippen LogP contribution in [0.2, 0.25) is 0 Å². The number of ether oxygens (including phenoxy) is 1. The Morgan fingerprint density at radius 1 is 1.16 bits per heavy atom. The number of morpholine rings is 1. The number of carbonyl (C=O) groups excluding carboxylic acids is 1. The normalized spacial score (nSPS) is 14.1. The molecule has 3 heterocycles. The largest absolute Gasteiger partial charge is 0.382 e. The zero-order valence-electron chi connectivity index (χ0n) is 20.9. The quantitative estimate of drug-likeness (QED) is 0.358. The van der Waals surface area contributed by atoms with Crippen molar-refractivity contribution in [1.82, 2.24) is 19.5 Å². The molecule has 2 aromatic carbocycles. The fraction of sp³-hybridized carbons (Fsp3) is 0.296. The van der Waals surface area contributed by atoms with Gasteiger partial charge in [-0.3, -0.25) is 4.90 Å². The number of amides is 2. The van der Waals surface area contributed by atoms with Crippen LogP contribution in [0.15, 0.2) is 48.8 Å². The molecule has 1 fully saturated rings. The van der Waals surface area contributed by atoms with E-state index in [2.05, 4.69) is 32.5 Å². The fourth-order valence-corrected chi connectivity index (χ4v) is 4.83. The van der Waals surface area contributed by atoms with E-state index in [-0.39, 0.29) is 5.69 Å². The lowest BCUT2D eigenvalue weighted by atomic mass is 9.98. The summed E-state index contributed by atoms with van der Waals surface area (Å²) in [6.45, 7) is 7.69. The third-order valence-electron chi connectivity index (χ3n) is 6.57. The average molecular weight is 504 g/mol. The summed E-state index contributed by atoms with van der Waals surface area (Å²) in [5, 5.41) is 9.82. The van der Waals surface area contributed by atoms with E-state index < -0.39 is 11.8 Å². The molecule has 0 radical (unpaired) electrons. The summed E-state index contributed by atoms with van der Waals surface area (Å²) >= 11 is 0. The monoisotopic (exact) mass is 503 g/mol. The van der Waals surface area contributed by atoms with Gasteiger partial charge in [-0.25, -0.2) is 18.7 Å². The Morgan fingerprint density at radius 2 is 1.97 bits per heavy atom. The Labute approximate surface area is 214 Å². The summed E-state index contributed by atoms with van der Waals surface area (Å²) in [5.41, 5.74) is 12.2.